The van der Waals surface area contributed by atoms with Gasteiger partial charge in [-0.25, -0.2) is 0 Å². The fourth-order valence-corrected chi connectivity index (χ4v) is 3.66. The number of ether oxygens (including phenoxy) is 3. The highest BCUT2D eigenvalue weighted by Crippen LogP contribution is 2.40. The second kappa shape index (κ2) is 8.15. The molecule has 0 amide bonds. The van der Waals surface area contributed by atoms with E-state index < -0.39 is 11.8 Å². The molecule has 4 rings (SSSR count). The first-order chi connectivity index (χ1) is 14.1. The molecule has 5 heteroatoms. The van der Waals surface area contributed by atoms with Crippen molar-refractivity contribution in [1.29, 1.82) is 0 Å². The summed E-state index contributed by atoms with van der Waals surface area (Å²) in [6, 6.07) is 25.2. The number of hydrogen-bond acceptors (Lipinski definition) is 5. The first-order valence-corrected chi connectivity index (χ1v) is 9.71. The number of para-hydroxylation sites is 1. The van der Waals surface area contributed by atoms with Crippen LogP contribution in [0.4, 0.5) is 0 Å². The molecule has 3 aromatic carbocycles. The minimum absolute atomic E-state index is 0.201. The number of aliphatic hydroxyl groups is 1. The lowest BCUT2D eigenvalue weighted by Gasteiger charge is -2.40. The van der Waals surface area contributed by atoms with Gasteiger partial charge in [-0.05, 0) is 48.7 Å². The van der Waals surface area contributed by atoms with Crippen molar-refractivity contribution < 1.29 is 19.3 Å². The van der Waals surface area contributed by atoms with Crippen molar-refractivity contribution in [2.45, 2.75) is 31.1 Å². The van der Waals surface area contributed by atoms with Gasteiger partial charge in [-0.1, -0.05) is 54.6 Å². The van der Waals surface area contributed by atoms with Gasteiger partial charge in [0.25, 0.3) is 0 Å². The SMILES string of the molecule is CC(O)C(N)(Oc1ccccc1)C(Cc1ccccc1)c1ccc2c(c1)OCO2. The molecule has 0 aromatic heterocycles. The summed E-state index contributed by atoms with van der Waals surface area (Å²) in [4.78, 5) is 0. The Balaban J connectivity index is 1.76. The van der Waals surface area contributed by atoms with Gasteiger partial charge >= 0.3 is 0 Å². The minimum Gasteiger partial charge on any atom is -0.470 e. The maximum absolute atomic E-state index is 10.7. The molecular formula is C24H25NO4. The molecule has 0 spiro atoms. The third kappa shape index (κ3) is 4.06. The van der Waals surface area contributed by atoms with Crippen LogP contribution in [-0.4, -0.2) is 23.7 Å². The van der Waals surface area contributed by atoms with E-state index in [0.29, 0.717) is 23.7 Å². The molecular weight excluding hydrogens is 366 g/mol. The van der Waals surface area contributed by atoms with Crippen molar-refractivity contribution in [3.05, 3.63) is 90.0 Å². The van der Waals surface area contributed by atoms with Gasteiger partial charge < -0.3 is 19.3 Å². The Labute approximate surface area is 170 Å². The van der Waals surface area contributed by atoms with Crippen molar-refractivity contribution in [1.82, 2.24) is 0 Å². The van der Waals surface area contributed by atoms with Crippen molar-refractivity contribution in [3.63, 3.8) is 0 Å². The van der Waals surface area contributed by atoms with Gasteiger partial charge in [0, 0.05) is 5.92 Å². The van der Waals surface area contributed by atoms with Crippen LogP contribution >= 0.6 is 0 Å². The molecule has 1 heterocycles. The maximum atomic E-state index is 10.7. The molecule has 5 nitrogen and oxygen atoms in total. The van der Waals surface area contributed by atoms with E-state index in [4.69, 9.17) is 19.9 Å². The third-order valence-corrected chi connectivity index (χ3v) is 5.32. The number of rotatable bonds is 7. The van der Waals surface area contributed by atoms with Crippen LogP contribution in [0.15, 0.2) is 78.9 Å². The lowest BCUT2D eigenvalue weighted by atomic mass is 9.80. The molecule has 0 radical (unpaired) electrons. The number of aliphatic hydroxyl groups excluding tert-OH is 1. The highest BCUT2D eigenvalue weighted by Gasteiger charge is 2.43. The lowest BCUT2D eigenvalue weighted by Crippen LogP contribution is -2.59. The van der Waals surface area contributed by atoms with E-state index in [0.717, 1.165) is 11.1 Å². The standard InChI is InChI=1S/C24H25NO4/c1-17(26)24(25,29-20-10-6-3-7-11-20)21(14-18-8-4-2-5-9-18)19-12-13-22-23(15-19)28-16-27-22/h2-13,15,17,21,26H,14,16,25H2,1H3. The van der Waals surface area contributed by atoms with E-state index in [9.17, 15) is 5.11 Å². The van der Waals surface area contributed by atoms with Crippen LogP contribution in [0.1, 0.15) is 24.0 Å². The fraction of sp³-hybridized carbons (Fsp3) is 0.250. The Morgan fingerprint density at radius 2 is 1.62 bits per heavy atom. The number of nitrogens with two attached hydrogens (primary N) is 1. The molecule has 3 atom stereocenters. The summed E-state index contributed by atoms with van der Waals surface area (Å²) in [5.41, 5.74) is 7.46. The summed E-state index contributed by atoms with van der Waals surface area (Å²) in [5.74, 6) is 1.65. The molecule has 0 aliphatic carbocycles. The van der Waals surface area contributed by atoms with Gasteiger partial charge in [-0.2, -0.15) is 0 Å². The Kier molecular flexibility index (Phi) is 5.43. The molecule has 3 unspecified atom stereocenters. The first kappa shape index (κ1) is 19.3. The third-order valence-electron chi connectivity index (χ3n) is 5.32. The summed E-state index contributed by atoms with van der Waals surface area (Å²) >= 11 is 0. The van der Waals surface area contributed by atoms with E-state index in [1.807, 2.05) is 78.9 Å². The molecule has 150 valence electrons. The zero-order chi connectivity index (χ0) is 20.3. The van der Waals surface area contributed by atoms with E-state index in [1.165, 1.54) is 0 Å². The molecule has 1 aliphatic heterocycles. The largest absolute Gasteiger partial charge is 0.470 e. The second-order valence-electron chi connectivity index (χ2n) is 7.30. The smallest absolute Gasteiger partial charge is 0.231 e. The lowest BCUT2D eigenvalue weighted by molar-refractivity contribution is -0.0605. The summed E-state index contributed by atoms with van der Waals surface area (Å²) in [6.45, 7) is 1.86. The number of fused-ring (bicyclic) bond motifs is 1. The summed E-state index contributed by atoms with van der Waals surface area (Å²) in [5, 5.41) is 10.7. The van der Waals surface area contributed by atoms with Crippen molar-refractivity contribution in [2.75, 3.05) is 6.79 Å². The van der Waals surface area contributed by atoms with Crippen LogP contribution in [0, 0.1) is 0 Å². The van der Waals surface area contributed by atoms with Crippen LogP contribution in [-0.2, 0) is 6.42 Å². The summed E-state index contributed by atoms with van der Waals surface area (Å²) < 4.78 is 17.2. The van der Waals surface area contributed by atoms with E-state index >= 15 is 0 Å². The molecule has 3 aromatic rings. The van der Waals surface area contributed by atoms with Gasteiger partial charge in [0.1, 0.15) is 11.9 Å². The number of hydrogen-bond donors (Lipinski definition) is 2. The van der Waals surface area contributed by atoms with Gasteiger partial charge in [0.15, 0.2) is 17.2 Å². The zero-order valence-corrected chi connectivity index (χ0v) is 16.3. The van der Waals surface area contributed by atoms with Crippen molar-refractivity contribution in [2.24, 2.45) is 5.73 Å². The van der Waals surface area contributed by atoms with Crippen LogP contribution in [0.5, 0.6) is 17.2 Å². The zero-order valence-electron chi connectivity index (χ0n) is 16.3. The Bertz CT molecular complexity index is 946. The maximum Gasteiger partial charge on any atom is 0.231 e. The topological polar surface area (TPSA) is 73.9 Å². The van der Waals surface area contributed by atoms with E-state index in [1.54, 1.807) is 6.92 Å². The normalized spacial score (nSPS) is 16.7. The average Bonchev–Trinajstić information content (AvgIpc) is 3.21. The fourth-order valence-electron chi connectivity index (χ4n) is 3.66. The molecule has 0 bridgehead atoms. The highest BCUT2D eigenvalue weighted by atomic mass is 16.7. The van der Waals surface area contributed by atoms with Gasteiger partial charge in [0.2, 0.25) is 6.79 Å². The predicted octanol–water partition coefficient (Wildman–Crippen LogP) is 3.86. The first-order valence-electron chi connectivity index (χ1n) is 9.71. The summed E-state index contributed by atoms with van der Waals surface area (Å²) in [6.07, 6.45) is -0.337. The van der Waals surface area contributed by atoms with Gasteiger partial charge in [-0.15, -0.1) is 0 Å². The van der Waals surface area contributed by atoms with Crippen molar-refractivity contribution >= 4 is 0 Å². The Morgan fingerprint density at radius 3 is 2.31 bits per heavy atom. The van der Waals surface area contributed by atoms with Crippen molar-refractivity contribution in [3.8, 4) is 17.2 Å². The Morgan fingerprint density at radius 1 is 0.966 bits per heavy atom. The molecule has 0 saturated carbocycles. The van der Waals surface area contributed by atoms with Crippen LogP contribution < -0.4 is 19.9 Å². The van der Waals surface area contributed by atoms with Gasteiger partial charge in [-0.3, -0.25) is 5.73 Å². The highest BCUT2D eigenvalue weighted by molar-refractivity contribution is 5.46. The molecule has 1 aliphatic rings. The minimum atomic E-state index is -1.36. The quantitative estimate of drug-likeness (QED) is 0.599. The average molecular weight is 391 g/mol. The predicted molar refractivity (Wildman–Crippen MR) is 111 cm³/mol. The van der Waals surface area contributed by atoms with E-state index in [2.05, 4.69) is 0 Å². The molecule has 29 heavy (non-hydrogen) atoms. The van der Waals surface area contributed by atoms with Crippen LogP contribution in [0.2, 0.25) is 0 Å². The monoisotopic (exact) mass is 391 g/mol. The van der Waals surface area contributed by atoms with Crippen LogP contribution in [0.25, 0.3) is 0 Å². The second-order valence-corrected chi connectivity index (χ2v) is 7.30. The van der Waals surface area contributed by atoms with Crippen LogP contribution in [0.3, 0.4) is 0 Å². The molecule has 0 fully saturated rings. The number of benzene rings is 3. The van der Waals surface area contributed by atoms with Gasteiger partial charge in [0.05, 0.1) is 0 Å². The summed E-state index contributed by atoms with van der Waals surface area (Å²) in [7, 11) is 0. The Hall–Kier alpha value is -3.02. The van der Waals surface area contributed by atoms with E-state index in [-0.39, 0.29) is 12.7 Å². The molecule has 0 saturated heterocycles. The molecule has 3 N–H and O–H groups in total.